The van der Waals surface area contributed by atoms with E-state index in [2.05, 4.69) is 4.98 Å². The van der Waals surface area contributed by atoms with Gasteiger partial charge in [-0.1, -0.05) is 34.8 Å². The third-order valence-electron chi connectivity index (χ3n) is 1.61. The maximum atomic E-state index is 10.9. The molecule has 82 valence electrons. The Morgan fingerprint density at radius 2 is 2.07 bits per heavy atom. The third-order valence-corrected chi connectivity index (χ3v) is 2.19. The van der Waals surface area contributed by atoms with Gasteiger partial charge in [-0.3, -0.25) is 4.79 Å². The fourth-order valence-corrected chi connectivity index (χ4v) is 1.26. The molecule has 7 heteroatoms. The molecule has 0 aliphatic heterocycles. The monoisotopic (exact) mass is 268 g/mol. The number of pyridine rings is 1. The minimum atomic E-state index is -1.66. The predicted octanol–water partition coefficient (Wildman–Crippen LogP) is 2.02. The second-order valence-corrected chi connectivity index (χ2v) is 4.90. The van der Waals surface area contributed by atoms with Crippen LogP contribution in [0.25, 0.3) is 0 Å². The van der Waals surface area contributed by atoms with Crippen LogP contribution in [0.5, 0.6) is 5.88 Å². The van der Waals surface area contributed by atoms with Gasteiger partial charge in [-0.15, -0.1) is 0 Å². The second-order valence-electron chi connectivity index (χ2n) is 2.62. The van der Waals surface area contributed by atoms with Crippen molar-refractivity contribution >= 4 is 40.7 Å². The molecule has 1 aromatic rings. The smallest absolute Gasteiger partial charge is 0.254 e. The Bertz CT molecular complexity index is 390. The normalized spacial score (nSPS) is 11.2. The first-order valence-electron chi connectivity index (χ1n) is 3.78. The number of primary amides is 1. The van der Waals surface area contributed by atoms with Crippen LogP contribution in [0.15, 0.2) is 12.1 Å². The summed E-state index contributed by atoms with van der Waals surface area (Å²) >= 11 is 16.8. The minimum absolute atomic E-state index is 0.0336. The lowest BCUT2D eigenvalue weighted by molar-refractivity contribution is 0.0996. The van der Waals surface area contributed by atoms with Gasteiger partial charge in [-0.2, -0.15) is 0 Å². The van der Waals surface area contributed by atoms with E-state index < -0.39 is 9.70 Å². The van der Waals surface area contributed by atoms with Crippen molar-refractivity contribution in [3.05, 3.63) is 23.4 Å². The SMILES string of the molecule is COc1nc(C(Cl)(Cl)Cl)ccc1C(N)=O. The zero-order valence-electron chi connectivity index (χ0n) is 7.63. The van der Waals surface area contributed by atoms with E-state index in [1.54, 1.807) is 0 Å². The molecule has 0 aliphatic rings. The highest BCUT2D eigenvalue weighted by Gasteiger charge is 2.26. The first-order valence-corrected chi connectivity index (χ1v) is 4.91. The maximum absolute atomic E-state index is 10.9. The molecule has 0 radical (unpaired) electrons. The lowest BCUT2D eigenvalue weighted by Gasteiger charge is -2.12. The molecule has 1 heterocycles. The number of nitrogens with two attached hydrogens (primary N) is 1. The largest absolute Gasteiger partial charge is 0.480 e. The number of methoxy groups -OCH3 is 1. The maximum Gasteiger partial charge on any atom is 0.254 e. The lowest BCUT2D eigenvalue weighted by atomic mass is 10.2. The summed E-state index contributed by atoms with van der Waals surface area (Å²) in [5, 5.41) is 0. The second kappa shape index (κ2) is 4.43. The molecular formula is C8H7Cl3N2O2. The quantitative estimate of drug-likeness (QED) is 0.835. The Balaban J connectivity index is 3.25. The van der Waals surface area contributed by atoms with Gasteiger partial charge >= 0.3 is 0 Å². The standard InChI is InChI=1S/C8H7Cl3N2O2/c1-15-7-4(6(12)14)2-3-5(13-7)8(9,10)11/h2-3H,1H3,(H2,12,14). The van der Waals surface area contributed by atoms with Crippen molar-refractivity contribution in [1.29, 1.82) is 0 Å². The van der Waals surface area contributed by atoms with Crippen LogP contribution in [-0.2, 0) is 3.79 Å². The van der Waals surface area contributed by atoms with Crippen LogP contribution in [0, 0.1) is 0 Å². The first-order chi connectivity index (χ1) is 6.86. The molecule has 0 spiro atoms. The van der Waals surface area contributed by atoms with E-state index in [0.717, 1.165) is 0 Å². The average Bonchev–Trinajstić information content (AvgIpc) is 2.15. The van der Waals surface area contributed by atoms with Crippen molar-refractivity contribution in [2.45, 2.75) is 3.79 Å². The number of halogens is 3. The molecule has 0 aromatic carbocycles. The van der Waals surface area contributed by atoms with Crippen molar-refractivity contribution in [2.24, 2.45) is 5.73 Å². The van der Waals surface area contributed by atoms with Crippen LogP contribution in [0.2, 0.25) is 0 Å². The number of aromatic nitrogens is 1. The molecule has 0 saturated heterocycles. The molecule has 0 unspecified atom stereocenters. The van der Waals surface area contributed by atoms with E-state index in [-0.39, 0.29) is 17.1 Å². The lowest BCUT2D eigenvalue weighted by Crippen LogP contribution is -2.15. The number of carbonyl (C=O) groups is 1. The van der Waals surface area contributed by atoms with E-state index in [1.807, 2.05) is 0 Å². The Hall–Kier alpha value is -0.710. The predicted molar refractivity (Wildman–Crippen MR) is 58.5 cm³/mol. The van der Waals surface area contributed by atoms with Crippen molar-refractivity contribution in [2.75, 3.05) is 7.11 Å². The molecule has 15 heavy (non-hydrogen) atoms. The molecule has 2 N–H and O–H groups in total. The molecule has 0 aliphatic carbocycles. The zero-order valence-corrected chi connectivity index (χ0v) is 9.90. The zero-order chi connectivity index (χ0) is 11.6. The molecule has 0 fully saturated rings. The van der Waals surface area contributed by atoms with Gasteiger partial charge in [0.1, 0.15) is 5.56 Å². The fraction of sp³-hybridized carbons (Fsp3) is 0.250. The van der Waals surface area contributed by atoms with Crippen molar-refractivity contribution in [3.8, 4) is 5.88 Å². The number of ether oxygens (including phenoxy) is 1. The minimum Gasteiger partial charge on any atom is -0.480 e. The molecule has 0 bridgehead atoms. The summed E-state index contributed by atoms with van der Waals surface area (Å²) in [7, 11) is 1.34. The van der Waals surface area contributed by atoms with Crippen LogP contribution in [0.4, 0.5) is 0 Å². The molecule has 1 aromatic heterocycles. The number of alkyl halides is 3. The highest BCUT2D eigenvalue weighted by atomic mass is 35.6. The summed E-state index contributed by atoms with van der Waals surface area (Å²) in [5.41, 5.74) is 5.39. The Morgan fingerprint density at radius 3 is 2.47 bits per heavy atom. The van der Waals surface area contributed by atoms with Gasteiger partial charge in [-0.25, -0.2) is 4.98 Å². The van der Waals surface area contributed by atoms with Gasteiger partial charge in [0, 0.05) is 0 Å². The Labute approximate surface area is 101 Å². The van der Waals surface area contributed by atoms with Gasteiger partial charge in [-0.05, 0) is 12.1 Å². The number of hydrogen-bond acceptors (Lipinski definition) is 3. The summed E-state index contributed by atoms with van der Waals surface area (Å²) < 4.78 is 3.19. The molecular weight excluding hydrogens is 262 g/mol. The Morgan fingerprint density at radius 1 is 1.47 bits per heavy atom. The molecule has 0 saturated carbocycles. The van der Waals surface area contributed by atoms with Crippen LogP contribution in [0.3, 0.4) is 0 Å². The van der Waals surface area contributed by atoms with Crippen molar-refractivity contribution in [3.63, 3.8) is 0 Å². The van der Waals surface area contributed by atoms with Gasteiger partial charge in [0.2, 0.25) is 9.67 Å². The van der Waals surface area contributed by atoms with E-state index in [1.165, 1.54) is 19.2 Å². The summed E-state index contributed by atoms with van der Waals surface area (Å²) in [4.78, 5) is 14.8. The van der Waals surface area contributed by atoms with E-state index in [9.17, 15) is 4.79 Å². The topological polar surface area (TPSA) is 65.2 Å². The van der Waals surface area contributed by atoms with Crippen LogP contribution in [0.1, 0.15) is 16.1 Å². The highest BCUT2D eigenvalue weighted by Crippen LogP contribution is 2.37. The summed E-state index contributed by atoms with van der Waals surface area (Å²) in [6, 6.07) is 2.79. The van der Waals surface area contributed by atoms with E-state index >= 15 is 0 Å². The number of rotatable bonds is 2. The van der Waals surface area contributed by atoms with Gasteiger partial charge in [0.05, 0.1) is 12.8 Å². The van der Waals surface area contributed by atoms with Gasteiger partial charge < -0.3 is 10.5 Å². The van der Waals surface area contributed by atoms with Crippen LogP contribution in [-0.4, -0.2) is 18.0 Å². The first kappa shape index (κ1) is 12.4. The molecule has 0 atom stereocenters. The molecule has 4 nitrogen and oxygen atoms in total. The number of amides is 1. The third kappa shape index (κ3) is 2.87. The van der Waals surface area contributed by atoms with Crippen molar-refractivity contribution in [1.82, 2.24) is 4.98 Å². The number of nitrogens with zero attached hydrogens (tertiary/aromatic N) is 1. The summed E-state index contributed by atoms with van der Waals surface area (Å²) in [6.45, 7) is 0. The van der Waals surface area contributed by atoms with Gasteiger partial charge in [0.15, 0.2) is 0 Å². The summed E-state index contributed by atoms with van der Waals surface area (Å²) in [6.07, 6.45) is 0. The van der Waals surface area contributed by atoms with Crippen LogP contribution >= 0.6 is 34.8 Å². The molecule has 1 amide bonds. The fourth-order valence-electron chi connectivity index (χ4n) is 0.941. The Kier molecular flexibility index (Phi) is 3.65. The molecule has 1 rings (SSSR count). The van der Waals surface area contributed by atoms with E-state index in [4.69, 9.17) is 45.3 Å². The highest BCUT2D eigenvalue weighted by molar-refractivity contribution is 6.66. The van der Waals surface area contributed by atoms with Crippen molar-refractivity contribution < 1.29 is 9.53 Å². The van der Waals surface area contributed by atoms with E-state index in [0.29, 0.717) is 0 Å². The number of carbonyl (C=O) groups excluding carboxylic acids is 1. The van der Waals surface area contributed by atoms with Crippen LogP contribution < -0.4 is 10.5 Å². The summed E-state index contributed by atoms with van der Waals surface area (Å²) in [5.74, 6) is -0.624. The van der Waals surface area contributed by atoms with Gasteiger partial charge in [0.25, 0.3) is 5.91 Å². The number of hydrogen-bond donors (Lipinski definition) is 1. The average molecular weight is 270 g/mol.